The van der Waals surface area contributed by atoms with Crippen LogP contribution in [0, 0.1) is 0 Å². The largest absolute Gasteiger partial charge is 0.355 e. The summed E-state index contributed by atoms with van der Waals surface area (Å²) >= 11 is 3.35. The van der Waals surface area contributed by atoms with Gasteiger partial charge in [-0.25, -0.2) is 4.98 Å². The molecule has 3 heterocycles. The number of rotatable bonds is 4. The van der Waals surface area contributed by atoms with Gasteiger partial charge in [0.2, 0.25) is 0 Å². The van der Waals surface area contributed by atoms with Crippen LogP contribution < -0.4 is 5.32 Å². The van der Waals surface area contributed by atoms with Crippen molar-refractivity contribution < 1.29 is 9.32 Å². The van der Waals surface area contributed by atoms with Crippen molar-refractivity contribution in [2.75, 3.05) is 5.32 Å². The van der Waals surface area contributed by atoms with E-state index in [4.69, 9.17) is 9.51 Å². The minimum atomic E-state index is -0.267. The van der Waals surface area contributed by atoms with Crippen LogP contribution in [-0.2, 0) is 12.8 Å². The van der Waals surface area contributed by atoms with Gasteiger partial charge in [-0.2, -0.15) is 0 Å². The van der Waals surface area contributed by atoms with E-state index < -0.39 is 0 Å². The van der Waals surface area contributed by atoms with E-state index in [1.165, 1.54) is 23.3 Å². The lowest BCUT2D eigenvalue weighted by Gasteiger charge is -2.11. The molecule has 3 aromatic heterocycles. The highest BCUT2D eigenvalue weighted by Gasteiger charge is 2.26. The molecule has 0 unspecified atom stereocenters. The summed E-state index contributed by atoms with van der Waals surface area (Å²) in [7, 11) is 0. The molecule has 0 atom stereocenters. The molecule has 0 saturated heterocycles. The van der Waals surface area contributed by atoms with Gasteiger partial charge in [0.1, 0.15) is 10.0 Å². The summed E-state index contributed by atoms with van der Waals surface area (Å²) < 4.78 is 6.58. The fourth-order valence-corrected chi connectivity index (χ4v) is 6.54. The van der Waals surface area contributed by atoms with E-state index in [-0.39, 0.29) is 11.6 Å². The molecule has 0 radical (unpaired) electrons. The monoisotopic (exact) mass is 457 g/mol. The van der Waals surface area contributed by atoms with Gasteiger partial charge in [-0.15, -0.1) is 22.7 Å². The summed E-state index contributed by atoms with van der Waals surface area (Å²) in [6, 6.07) is 19.5. The minimum Gasteiger partial charge on any atom is -0.355 e. The van der Waals surface area contributed by atoms with Crippen molar-refractivity contribution in [3.05, 3.63) is 76.8 Å². The van der Waals surface area contributed by atoms with Crippen LogP contribution in [0.5, 0.6) is 0 Å². The predicted molar refractivity (Wildman–Crippen MR) is 129 cm³/mol. The number of fused-ring (bicyclic) bond motifs is 2. The number of hydrogen-bond donors (Lipinski definition) is 1. The van der Waals surface area contributed by atoms with E-state index in [1.54, 1.807) is 28.7 Å². The molecule has 0 aliphatic heterocycles. The topological polar surface area (TPSA) is 68.0 Å². The SMILES string of the molecule is O=C(Nc1sc2c(c1-c1nc3ccccc3s1)CCCC2)c1cc(-c2ccccc2)on1. The fourth-order valence-electron chi connectivity index (χ4n) is 4.15. The van der Waals surface area contributed by atoms with Gasteiger partial charge >= 0.3 is 0 Å². The molecule has 6 rings (SSSR count). The van der Waals surface area contributed by atoms with E-state index >= 15 is 0 Å². The van der Waals surface area contributed by atoms with Crippen molar-refractivity contribution in [1.29, 1.82) is 0 Å². The second kappa shape index (κ2) is 8.00. The maximum atomic E-state index is 13.1. The average molecular weight is 458 g/mol. The number of thiophene rings is 1. The standard InChI is InChI=1S/C25H19N3O2S2/c29-23(18-14-19(30-28-18)15-8-2-1-3-9-15)27-25-22(16-10-4-6-12-20(16)31-25)24-26-17-11-5-7-13-21(17)32-24/h1-3,5,7-9,11,13-14H,4,6,10,12H2,(H,27,29). The lowest BCUT2D eigenvalue weighted by Crippen LogP contribution is -2.12. The molecule has 5 nitrogen and oxygen atoms in total. The molecule has 1 N–H and O–H groups in total. The summed E-state index contributed by atoms with van der Waals surface area (Å²) in [4.78, 5) is 19.3. The normalized spacial score (nSPS) is 13.2. The Morgan fingerprint density at radius 2 is 1.78 bits per heavy atom. The Morgan fingerprint density at radius 1 is 0.969 bits per heavy atom. The van der Waals surface area contributed by atoms with Crippen molar-refractivity contribution in [2.45, 2.75) is 25.7 Å². The number of para-hydroxylation sites is 1. The van der Waals surface area contributed by atoms with Crippen LogP contribution in [0.1, 0.15) is 33.8 Å². The molecule has 0 bridgehead atoms. The smallest absolute Gasteiger partial charge is 0.278 e. The lowest BCUT2D eigenvalue weighted by molar-refractivity contribution is 0.101. The number of benzene rings is 2. The number of aryl methyl sites for hydroxylation is 1. The summed E-state index contributed by atoms with van der Waals surface area (Å²) in [5, 5.41) is 8.94. The number of thiazole rings is 1. The first kappa shape index (κ1) is 19.4. The van der Waals surface area contributed by atoms with Crippen LogP contribution >= 0.6 is 22.7 Å². The third kappa shape index (κ3) is 3.43. The fraction of sp³-hybridized carbons (Fsp3) is 0.160. The molecular formula is C25H19N3O2S2. The number of anilines is 1. The zero-order valence-corrected chi connectivity index (χ0v) is 18.8. The van der Waals surface area contributed by atoms with E-state index in [1.807, 2.05) is 48.5 Å². The number of carbonyl (C=O) groups is 1. The highest BCUT2D eigenvalue weighted by atomic mass is 32.1. The summed E-state index contributed by atoms with van der Waals surface area (Å²) in [6.07, 6.45) is 4.42. The zero-order valence-electron chi connectivity index (χ0n) is 17.1. The summed E-state index contributed by atoms with van der Waals surface area (Å²) in [5.74, 6) is 0.310. The van der Waals surface area contributed by atoms with Crippen LogP contribution in [-0.4, -0.2) is 16.0 Å². The molecule has 7 heteroatoms. The van der Waals surface area contributed by atoms with E-state index in [2.05, 4.69) is 16.5 Å². The molecule has 2 aromatic carbocycles. The van der Waals surface area contributed by atoms with Crippen LogP contribution in [0.2, 0.25) is 0 Å². The van der Waals surface area contributed by atoms with Crippen LogP contribution in [0.3, 0.4) is 0 Å². The predicted octanol–water partition coefficient (Wildman–Crippen LogP) is 6.81. The Bertz CT molecular complexity index is 1400. The minimum absolute atomic E-state index is 0.267. The molecule has 0 spiro atoms. The first-order valence-corrected chi connectivity index (χ1v) is 12.2. The Morgan fingerprint density at radius 3 is 2.66 bits per heavy atom. The number of hydrogen-bond acceptors (Lipinski definition) is 6. The zero-order chi connectivity index (χ0) is 21.5. The van der Waals surface area contributed by atoms with Crippen molar-refractivity contribution in [3.63, 3.8) is 0 Å². The maximum absolute atomic E-state index is 13.1. The Hall–Kier alpha value is -3.29. The molecule has 32 heavy (non-hydrogen) atoms. The Balaban J connectivity index is 1.37. The van der Waals surface area contributed by atoms with Gasteiger partial charge in [-0.3, -0.25) is 4.79 Å². The molecule has 1 aliphatic carbocycles. The Labute approximate surface area is 192 Å². The molecule has 0 fully saturated rings. The Kier molecular flexibility index (Phi) is 4.85. The van der Waals surface area contributed by atoms with Crippen molar-refractivity contribution in [1.82, 2.24) is 10.1 Å². The summed E-state index contributed by atoms with van der Waals surface area (Å²) in [5.41, 5.74) is 4.56. The van der Waals surface area contributed by atoms with Crippen molar-refractivity contribution >= 4 is 43.8 Å². The van der Waals surface area contributed by atoms with Gasteiger partial charge in [-0.05, 0) is 43.4 Å². The summed E-state index contributed by atoms with van der Waals surface area (Å²) in [6.45, 7) is 0. The van der Waals surface area contributed by atoms with Crippen LogP contribution in [0.15, 0.2) is 65.2 Å². The second-order valence-electron chi connectivity index (χ2n) is 7.80. The van der Waals surface area contributed by atoms with Gasteiger partial charge in [0.15, 0.2) is 11.5 Å². The third-order valence-electron chi connectivity index (χ3n) is 5.71. The number of amides is 1. The van der Waals surface area contributed by atoms with Gasteiger partial charge in [0.05, 0.1) is 10.2 Å². The third-order valence-corrected chi connectivity index (χ3v) is 7.97. The van der Waals surface area contributed by atoms with Crippen LogP contribution in [0.25, 0.3) is 32.1 Å². The second-order valence-corrected chi connectivity index (χ2v) is 9.93. The van der Waals surface area contributed by atoms with E-state index in [0.717, 1.165) is 44.2 Å². The van der Waals surface area contributed by atoms with Gasteiger partial charge < -0.3 is 9.84 Å². The highest BCUT2D eigenvalue weighted by Crippen LogP contribution is 2.46. The van der Waals surface area contributed by atoms with Crippen LogP contribution in [0.4, 0.5) is 5.00 Å². The van der Waals surface area contributed by atoms with Crippen molar-refractivity contribution in [3.8, 4) is 21.9 Å². The molecular weight excluding hydrogens is 438 g/mol. The molecule has 158 valence electrons. The van der Waals surface area contributed by atoms with Gasteiger partial charge in [0.25, 0.3) is 5.91 Å². The molecule has 1 amide bonds. The van der Waals surface area contributed by atoms with Gasteiger partial charge in [-0.1, -0.05) is 47.6 Å². The number of nitrogens with one attached hydrogen (secondary N) is 1. The van der Waals surface area contributed by atoms with Crippen molar-refractivity contribution in [2.24, 2.45) is 0 Å². The highest BCUT2D eigenvalue weighted by molar-refractivity contribution is 7.23. The quantitative estimate of drug-likeness (QED) is 0.322. The lowest BCUT2D eigenvalue weighted by atomic mass is 9.96. The van der Waals surface area contributed by atoms with E-state index in [9.17, 15) is 4.79 Å². The van der Waals surface area contributed by atoms with E-state index in [0.29, 0.717) is 5.76 Å². The molecule has 0 saturated carbocycles. The molecule has 1 aliphatic rings. The number of nitrogens with zero attached hydrogens (tertiary/aromatic N) is 2. The maximum Gasteiger partial charge on any atom is 0.278 e. The average Bonchev–Trinajstić information content (AvgIpc) is 3.55. The first-order valence-electron chi connectivity index (χ1n) is 10.6. The van der Waals surface area contributed by atoms with Gasteiger partial charge in [0, 0.05) is 22.1 Å². The number of carbonyl (C=O) groups excluding carboxylic acids is 1. The molecule has 5 aromatic rings. The number of aromatic nitrogens is 2. The first-order chi connectivity index (χ1) is 15.8.